The fourth-order valence-electron chi connectivity index (χ4n) is 3.21. The smallest absolute Gasteiger partial charge is 0.233 e. The molecule has 116 valence electrons. The fourth-order valence-corrected chi connectivity index (χ4v) is 4.07. The molecule has 3 rings (SSSR count). The zero-order chi connectivity index (χ0) is 15.5. The molecular formula is C17H21N3OS. The van der Waals surface area contributed by atoms with Crippen molar-refractivity contribution in [2.24, 2.45) is 0 Å². The zero-order valence-electron chi connectivity index (χ0n) is 13.0. The van der Waals surface area contributed by atoms with E-state index >= 15 is 0 Å². The Balaban J connectivity index is 1.72. The monoisotopic (exact) mass is 315 g/mol. The number of thioether (sulfide) groups is 1. The van der Waals surface area contributed by atoms with Crippen LogP contribution in [-0.4, -0.2) is 38.6 Å². The van der Waals surface area contributed by atoms with Gasteiger partial charge in [0.1, 0.15) is 11.4 Å². The van der Waals surface area contributed by atoms with Crippen LogP contribution in [0.25, 0.3) is 10.9 Å². The van der Waals surface area contributed by atoms with Gasteiger partial charge in [-0.1, -0.05) is 30.0 Å². The Labute approximate surface area is 135 Å². The number of amides is 1. The van der Waals surface area contributed by atoms with Crippen LogP contribution in [0.2, 0.25) is 0 Å². The second-order valence-corrected chi connectivity index (χ2v) is 6.88. The summed E-state index contributed by atoms with van der Waals surface area (Å²) < 4.78 is 0. The second kappa shape index (κ2) is 6.65. The van der Waals surface area contributed by atoms with Crippen LogP contribution in [0, 0.1) is 0 Å². The largest absolute Gasteiger partial charge is 0.337 e. The van der Waals surface area contributed by atoms with E-state index < -0.39 is 0 Å². The minimum Gasteiger partial charge on any atom is -0.337 e. The molecule has 2 aromatic rings. The van der Waals surface area contributed by atoms with Crippen molar-refractivity contribution in [3.63, 3.8) is 0 Å². The van der Waals surface area contributed by atoms with E-state index in [1.54, 1.807) is 6.33 Å². The average molecular weight is 315 g/mol. The summed E-state index contributed by atoms with van der Waals surface area (Å²) in [6.45, 7) is 4.30. The molecular weight excluding hydrogens is 294 g/mol. The number of rotatable bonds is 3. The number of hydrogen-bond donors (Lipinski definition) is 0. The van der Waals surface area contributed by atoms with Crippen LogP contribution >= 0.6 is 11.8 Å². The Morgan fingerprint density at radius 1 is 1.23 bits per heavy atom. The first-order valence-electron chi connectivity index (χ1n) is 7.80. The number of hydrogen-bond acceptors (Lipinski definition) is 4. The molecule has 2 atom stereocenters. The molecule has 0 bridgehead atoms. The summed E-state index contributed by atoms with van der Waals surface area (Å²) in [6.07, 6.45) is 5.01. The molecule has 1 amide bonds. The van der Waals surface area contributed by atoms with E-state index in [4.69, 9.17) is 0 Å². The summed E-state index contributed by atoms with van der Waals surface area (Å²) in [4.78, 5) is 23.3. The quantitative estimate of drug-likeness (QED) is 0.642. The van der Waals surface area contributed by atoms with Gasteiger partial charge in [0.15, 0.2) is 0 Å². The first-order valence-corrected chi connectivity index (χ1v) is 8.79. The molecule has 1 fully saturated rings. The Hall–Kier alpha value is -1.62. The van der Waals surface area contributed by atoms with Gasteiger partial charge in [-0.25, -0.2) is 9.97 Å². The summed E-state index contributed by atoms with van der Waals surface area (Å²) >= 11 is 1.51. The number of piperidine rings is 1. The first kappa shape index (κ1) is 15.3. The van der Waals surface area contributed by atoms with Crippen molar-refractivity contribution in [3.8, 4) is 0 Å². The highest BCUT2D eigenvalue weighted by Crippen LogP contribution is 2.27. The molecule has 22 heavy (non-hydrogen) atoms. The van der Waals surface area contributed by atoms with E-state index in [9.17, 15) is 4.79 Å². The minimum absolute atomic E-state index is 0.215. The summed E-state index contributed by atoms with van der Waals surface area (Å²) in [5, 5.41) is 1.90. The Morgan fingerprint density at radius 3 is 2.73 bits per heavy atom. The molecule has 4 nitrogen and oxygen atoms in total. The molecule has 0 spiro atoms. The van der Waals surface area contributed by atoms with E-state index in [1.165, 1.54) is 18.2 Å². The molecule has 0 saturated carbocycles. The minimum atomic E-state index is 0.215. The lowest BCUT2D eigenvalue weighted by Gasteiger charge is -2.39. The number of carbonyl (C=O) groups excluding carboxylic acids is 1. The van der Waals surface area contributed by atoms with E-state index in [1.807, 2.05) is 24.3 Å². The molecule has 2 heterocycles. The third kappa shape index (κ3) is 3.09. The van der Waals surface area contributed by atoms with Gasteiger partial charge >= 0.3 is 0 Å². The Bertz CT molecular complexity index is 661. The molecule has 0 N–H and O–H groups in total. The molecule has 1 aliphatic heterocycles. The third-order valence-corrected chi connectivity index (χ3v) is 5.31. The van der Waals surface area contributed by atoms with Gasteiger partial charge in [0.25, 0.3) is 0 Å². The van der Waals surface area contributed by atoms with E-state index in [0.717, 1.165) is 28.8 Å². The van der Waals surface area contributed by atoms with E-state index in [0.29, 0.717) is 17.8 Å². The lowest BCUT2D eigenvalue weighted by molar-refractivity contribution is -0.134. The lowest BCUT2D eigenvalue weighted by Crippen LogP contribution is -2.48. The van der Waals surface area contributed by atoms with Crippen LogP contribution in [-0.2, 0) is 4.79 Å². The third-order valence-electron chi connectivity index (χ3n) is 4.32. The molecule has 0 unspecified atom stereocenters. The van der Waals surface area contributed by atoms with Gasteiger partial charge < -0.3 is 4.90 Å². The summed E-state index contributed by atoms with van der Waals surface area (Å²) in [6, 6.07) is 8.61. The standard InChI is InChI=1S/C17H21N3OS/c1-12-6-5-7-13(2)20(12)16(21)10-22-17-14-8-3-4-9-15(14)18-11-19-17/h3-4,8-9,11-13H,5-7,10H2,1-2H3/t12-,13-/m1/s1. The number of aromatic nitrogens is 2. The summed E-state index contributed by atoms with van der Waals surface area (Å²) in [5.74, 6) is 0.655. The summed E-state index contributed by atoms with van der Waals surface area (Å²) in [7, 11) is 0. The maximum absolute atomic E-state index is 12.6. The van der Waals surface area contributed by atoms with Crippen molar-refractivity contribution in [3.05, 3.63) is 30.6 Å². The fraction of sp³-hybridized carbons (Fsp3) is 0.471. The van der Waals surface area contributed by atoms with Gasteiger partial charge in [-0.2, -0.15) is 0 Å². The van der Waals surface area contributed by atoms with Crippen molar-refractivity contribution in [2.45, 2.75) is 50.2 Å². The van der Waals surface area contributed by atoms with Crippen molar-refractivity contribution < 1.29 is 4.79 Å². The highest BCUT2D eigenvalue weighted by atomic mass is 32.2. The van der Waals surface area contributed by atoms with Crippen LogP contribution in [0.4, 0.5) is 0 Å². The molecule has 5 heteroatoms. The van der Waals surface area contributed by atoms with Crippen molar-refractivity contribution in [1.82, 2.24) is 14.9 Å². The second-order valence-electron chi connectivity index (χ2n) is 5.91. The Kier molecular flexibility index (Phi) is 4.62. The number of nitrogens with zero attached hydrogens (tertiary/aromatic N) is 3. The molecule has 0 aliphatic carbocycles. The summed E-state index contributed by atoms with van der Waals surface area (Å²) in [5.41, 5.74) is 0.923. The number of para-hydroxylation sites is 1. The maximum atomic E-state index is 12.6. The molecule has 1 aliphatic rings. The number of carbonyl (C=O) groups is 1. The zero-order valence-corrected chi connectivity index (χ0v) is 13.8. The van der Waals surface area contributed by atoms with Crippen molar-refractivity contribution in [1.29, 1.82) is 0 Å². The predicted molar refractivity (Wildman–Crippen MR) is 89.9 cm³/mol. The lowest BCUT2D eigenvalue weighted by atomic mass is 9.98. The van der Waals surface area contributed by atoms with Crippen LogP contribution in [0.5, 0.6) is 0 Å². The van der Waals surface area contributed by atoms with Gasteiger partial charge in [0.05, 0.1) is 11.3 Å². The van der Waals surface area contributed by atoms with Gasteiger partial charge in [-0.15, -0.1) is 0 Å². The number of fused-ring (bicyclic) bond motifs is 1. The normalized spacial score (nSPS) is 22.0. The van der Waals surface area contributed by atoms with Gasteiger partial charge in [0, 0.05) is 17.5 Å². The first-order chi connectivity index (χ1) is 10.7. The molecule has 1 aromatic heterocycles. The van der Waals surface area contributed by atoms with E-state index in [-0.39, 0.29) is 5.91 Å². The van der Waals surface area contributed by atoms with Crippen LogP contribution in [0.1, 0.15) is 33.1 Å². The number of benzene rings is 1. The van der Waals surface area contributed by atoms with Gasteiger partial charge in [-0.05, 0) is 39.2 Å². The number of likely N-dealkylation sites (tertiary alicyclic amines) is 1. The molecule has 1 saturated heterocycles. The van der Waals surface area contributed by atoms with Crippen molar-refractivity contribution in [2.75, 3.05) is 5.75 Å². The highest BCUT2D eigenvalue weighted by Gasteiger charge is 2.28. The Morgan fingerprint density at radius 2 is 1.95 bits per heavy atom. The SMILES string of the molecule is C[C@@H]1CCC[C@@H](C)N1C(=O)CSc1ncnc2ccccc12. The van der Waals surface area contributed by atoms with Crippen LogP contribution in [0.3, 0.4) is 0 Å². The topological polar surface area (TPSA) is 46.1 Å². The van der Waals surface area contributed by atoms with Crippen LogP contribution < -0.4 is 0 Å². The molecule has 0 radical (unpaired) electrons. The van der Waals surface area contributed by atoms with E-state index in [2.05, 4.69) is 28.7 Å². The maximum Gasteiger partial charge on any atom is 0.233 e. The predicted octanol–water partition coefficient (Wildman–Crippen LogP) is 3.51. The van der Waals surface area contributed by atoms with Gasteiger partial charge in [-0.3, -0.25) is 4.79 Å². The highest BCUT2D eigenvalue weighted by molar-refractivity contribution is 8.00. The average Bonchev–Trinajstić information content (AvgIpc) is 2.52. The molecule has 1 aromatic carbocycles. The van der Waals surface area contributed by atoms with Crippen LogP contribution in [0.15, 0.2) is 35.6 Å². The van der Waals surface area contributed by atoms with Crippen molar-refractivity contribution >= 4 is 28.6 Å². The van der Waals surface area contributed by atoms with Gasteiger partial charge in [0.2, 0.25) is 5.91 Å².